The van der Waals surface area contributed by atoms with Crippen molar-refractivity contribution in [2.75, 3.05) is 6.54 Å². The summed E-state index contributed by atoms with van der Waals surface area (Å²) >= 11 is 0. The van der Waals surface area contributed by atoms with Gasteiger partial charge in [0, 0.05) is 12.6 Å². The van der Waals surface area contributed by atoms with Gasteiger partial charge in [-0.25, -0.2) is 0 Å². The summed E-state index contributed by atoms with van der Waals surface area (Å²) in [6, 6.07) is 7.13. The van der Waals surface area contributed by atoms with Crippen molar-refractivity contribution in [3.63, 3.8) is 0 Å². The van der Waals surface area contributed by atoms with Crippen LogP contribution in [0.3, 0.4) is 0 Å². The van der Waals surface area contributed by atoms with Crippen LogP contribution in [0.2, 0.25) is 0 Å². The van der Waals surface area contributed by atoms with Gasteiger partial charge in [-0.15, -0.1) is 0 Å². The number of carboxylic acids is 1. The third kappa shape index (κ3) is 2.81. The van der Waals surface area contributed by atoms with E-state index in [9.17, 15) is 18.3 Å². The van der Waals surface area contributed by atoms with E-state index in [-0.39, 0.29) is 6.04 Å². The van der Waals surface area contributed by atoms with Gasteiger partial charge >= 0.3 is 5.97 Å². The molecule has 2 bridgehead atoms. The molecule has 1 aliphatic heterocycles. The smallest absolute Gasteiger partial charge is 0.326 e. The maximum absolute atomic E-state index is 12.5. The second-order valence-electron chi connectivity index (χ2n) is 5.71. The average Bonchev–Trinajstić information content (AvgIpc) is 3.08. The molecule has 2 unspecified atom stereocenters. The second-order valence-corrected chi connectivity index (χ2v) is 7.36. The lowest BCUT2D eigenvalue weighted by atomic mass is 10.1. The third-order valence-electron chi connectivity index (χ3n) is 4.31. The Bertz CT molecular complexity index is 632. The summed E-state index contributed by atoms with van der Waals surface area (Å²) in [7, 11) is -3.78. The monoisotopic (exact) mass is 310 g/mol. The fourth-order valence-corrected chi connectivity index (χ4v) is 4.96. The predicted molar refractivity (Wildman–Crippen MR) is 76.7 cm³/mol. The van der Waals surface area contributed by atoms with E-state index in [0.717, 1.165) is 19.3 Å². The molecular formula is C14H18N2O4S. The standard InChI is InChI=1S/C14H18N2O4S/c17-14(18)13(11-4-2-1-3-5-11)15-21(19,20)16-9-10-6-7-12(16)8-10/h1-5,10,12-13,15H,6-9H2,(H,17,18)/t10?,12?,13-/m1/s1. The van der Waals surface area contributed by atoms with Crippen LogP contribution in [0.25, 0.3) is 0 Å². The van der Waals surface area contributed by atoms with Crippen LogP contribution < -0.4 is 4.72 Å². The predicted octanol–water partition coefficient (Wildman–Crippen LogP) is 1.13. The highest BCUT2D eigenvalue weighted by atomic mass is 32.2. The van der Waals surface area contributed by atoms with Gasteiger partial charge in [0.1, 0.15) is 6.04 Å². The first-order valence-corrected chi connectivity index (χ1v) is 8.48. The number of aliphatic carboxylic acids is 1. The lowest BCUT2D eigenvalue weighted by Crippen LogP contribution is -2.47. The van der Waals surface area contributed by atoms with Crippen molar-refractivity contribution in [3.8, 4) is 0 Å². The maximum Gasteiger partial charge on any atom is 0.326 e. The Hall–Kier alpha value is -1.44. The van der Waals surface area contributed by atoms with Crippen molar-refractivity contribution in [1.29, 1.82) is 0 Å². The molecule has 1 saturated heterocycles. The first-order chi connectivity index (χ1) is 9.97. The van der Waals surface area contributed by atoms with Crippen LogP contribution in [0.4, 0.5) is 0 Å². The summed E-state index contributed by atoms with van der Waals surface area (Å²) in [6.45, 7) is 0.501. The molecule has 0 spiro atoms. The molecule has 1 aliphatic carbocycles. The molecule has 7 heteroatoms. The van der Waals surface area contributed by atoms with Crippen molar-refractivity contribution in [2.45, 2.75) is 31.3 Å². The molecule has 6 nitrogen and oxygen atoms in total. The molecule has 1 saturated carbocycles. The van der Waals surface area contributed by atoms with Crippen LogP contribution in [0.5, 0.6) is 0 Å². The number of piperidine rings is 1. The summed E-state index contributed by atoms with van der Waals surface area (Å²) in [5, 5.41) is 9.32. The number of carbonyl (C=O) groups is 1. The van der Waals surface area contributed by atoms with E-state index < -0.39 is 22.2 Å². The van der Waals surface area contributed by atoms with Crippen LogP contribution in [0, 0.1) is 5.92 Å². The van der Waals surface area contributed by atoms with Gasteiger partial charge in [0.25, 0.3) is 10.2 Å². The summed E-state index contributed by atoms with van der Waals surface area (Å²) in [4.78, 5) is 11.4. The highest BCUT2D eigenvalue weighted by Crippen LogP contribution is 2.38. The van der Waals surface area contributed by atoms with Crippen LogP contribution in [-0.4, -0.2) is 36.4 Å². The molecule has 2 aliphatic rings. The number of hydrogen-bond donors (Lipinski definition) is 2. The molecule has 114 valence electrons. The molecule has 0 amide bonds. The maximum atomic E-state index is 12.5. The van der Waals surface area contributed by atoms with Crippen molar-refractivity contribution in [2.24, 2.45) is 5.92 Å². The number of benzene rings is 1. The minimum Gasteiger partial charge on any atom is -0.480 e. The molecule has 2 fully saturated rings. The Balaban J connectivity index is 1.81. The Morgan fingerprint density at radius 3 is 2.52 bits per heavy atom. The third-order valence-corrected chi connectivity index (χ3v) is 5.91. The molecule has 0 radical (unpaired) electrons. The first-order valence-electron chi connectivity index (χ1n) is 7.04. The highest BCUT2D eigenvalue weighted by molar-refractivity contribution is 7.87. The fourth-order valence-electron chi connectivity index (χ4n) is 3.30. The van der Waals surface area contributed by atoms with E-state index >= 15 is 0 Å². The van der Waals surface area contributed by atoms with Crippen LogP contribution in [0.15, 0.2) is 30.3 Å². The zero-order valence-electron chi connectivity index (χ0n) is 11.5. The summed E-state index contributed by atoms with van der Waals surface area (Å²) in [5.74, 6) is -0.777. The van der Waals surface area contributed by atoms with Gasteiger partial charge in [0.05, 0.1) is 0 Å². The van der Waals surface area contributed by atoms with Gasteiger partial charge in [0.15, 0.2) is 0 Å². The Morgan fingerprint density at radius 2 is 2.00 bits per heavy atom. The van der Waals surface area contributed by atoms with Gasteiger partial charge < -0.3 is 5.11 Å². The summed E-state index contributed by atoms with van der Waals surface area (Å²) in [6.07, 6.45) is 2.83. The number of hydrogen-bond acceptors (Lipinski definition) is 3. The molecule has 3 atom stereocenters. The van der Waals surface area contributed by atoms with Gasteiger partial charge in [-0.1, -0.05) is 30.3 Å². The van der Waals surface area contributed by atoms with Crippen LogP contribution in [0.1, 0.15) is 30.9 Å². The molecular weight excluding hydrogens is 292 g/mol. The molecule has 1 heterocycles. The van der Waals surface area contributed by atoms with Crippen molar-refractivity contribution in [1.82, 2.24) is 9.03 Å². The van der Waals surface area contributed by atoms with Crippen LogP contribution >= 0.6 is 0 Å². The Labute approximate surface area is 124 Å². The second kappa shape index (κ2) is 5.40. The normalized spacial score (nSPS) is 26.9. The van der Waals surface area contributed by atoms with Crippen molar-refractivity contribution < 1.29 is 18.3 Å². The van der Waals surface area contributed by atoms with Crippen molar-refractivity contribution >= 4 is 16.2 Å². The topological polar surface area (TPSA) is 86.7 Å². The number of rotatable bonds is 5. The number of nitrogens with zero attached hydrogens (tertiary/aromatic N) is 1. The number of carboxylic acid groups (broad SMARTS) is 1. The zero-order chi connectivity index (χ0) is 15.0. The quantitative estimate of drug-likeness (QED) is 0.853. The molecule has 1 aromatic rings. The number of fused-ring (bicyclic) bond motifs is 2. The van der Waals surface area contributed by atoms with Gasteiger partial charge in [-0.05, 0) is 30.7 Å². The Morgan fingerprint density at radius 1 is 1.29 bits per heavy atom. The largest absolute Gasteiger partial charge is 0.480 e. The van der Waals surface area contributed by atoms with E-state index in [1.54, 1.807) is 30.3 Å². The fraction of sp³-hybridized carbons (Fsp3) is 0.500. The summed E-state index contributed by atoms with van der Waals surface area (Å²) < 4.78 is 28.7. The number of nitrogens with one attached hydrogen (secondary N) is 1. The SMILES string of the molecule is O=C(O)[C@H](NS(=O)(=O)N1CC2CCC1C2)c1ccccc1. The van der Waals surface area contributed by atoms with E-state index in [1.807, 2.05) is 0 Å². The first kappa shape index (κ1) is 14.5. The molecule has 2 N–H and O–H groups in total. The summed E-state index contributed by atoms with van der Waals surface area (Å²) in [5.41, 5.74) is 0.429. The minimum absolute atomic E-state index is 0.0257. The lowest BCUT2D eigenvalue weighted by molar-refractivity contribution is -0.139. The van der Waals surface area contributed by atoms with E-state index in [1.165, 1.54) is 4.31 Å². The Kier molecular flexibility index (Phi) is 3.73. The van der Waals surface area contributed by atoms with E-state index in [0.29, 0.717) is 18.0 Å². The van der Waals surface area contributed by atoms with Gasteiger partial charge in [-0.2, -0.15) is 17.4 Å². The average molecular weight is 310 g/mol. The zero-order valence-corrected chi connectivity index (χ0v) is 12.3. The lowest BCUT2D eigenvalue weighted by Gasteiger charge is -2.27. The van der Waals surface area contributed by atoms with E-state index in [2.05, 4.69) is 4.72 Å². The molecule has 3 rings (SSSR count). The molecule has 1 aromatic carbocycles. The minimum atomic E-state index is -3.78. The molecule has 0 aromatic heterocycles. The van der Waals surface area contributed by atoms with Gasteiger partial charge in [-0.3, -0.25) is 4.79 Å². The highest BCUT2D eigenvalue weighted by Gasteiger charge is 2.44. The molecule has 21 heavy (non-hydrogen) atoms. The van der Waals surface area contributed by atoms with Gasteiger partial charge in [0.2, 0.25) is 0 Å². The van der Waals surface area contributed by atoms with Crippen molar-refractivity contribution in [3.05, 3.63) is 35.9 Å². The van der Waals surface area contributed by atoms with E-state index in [4.69, 9.17) is 0 Å². The van der Waals surface area contributed by atoms with Crippen LogP contribution in [-0.2, 0) is 15.0 Å².